The van der Waals surface area contributed by atoms with Crippen molar-refractivity contribution in [3.05, 3.63) is 17.7 Å². The van der Waals surface area contributed by atoms with Gasteiger partial charge in [0.1, 0.15) is 5.82 Å². The summed E-state index contributed by atoms with van der Waals surface area (Å²) in [6.45, 7) is 7.10. The molecule has 2 aliphatic heterocycles. The van der Waals surface area contributed by atoms with Crippen molar-refractivity contribution in [1.29, 1.82) is 0 Å². The summed E-state index contributed by atoms with van der Waals surface area (Å²) in [4.78, 5) is 7.34. The molecule has 0 aliphatic carbocycles. The van der Waals surface area contributed by atoms with Crippen LogP contribution in [0.1, 0.15) is 57.1 Å². The first-order valence-electron chi connectivity index (χ1n) is 7.58. The summed E-state index contributed by atoms with van der Waals surface area (Å²) in [5.74, 6) is 1.34. The Labute approximate surface area is 110 Å². The third kappa shape index (κ3) is 2.09. The number of nitrogens with zero attached hydrogens (tertiary/aromatic N) is 3. The van der Waals surface area contributed by atoms with Crippen molar-refractivity contribution >= 4 is 0 Å². The molecule has 2 unspecified atom stereocenters. The van der Waals surface area contributed by atoms with E-state index in [-0.39, 0.29) is 0 Å². The smallest absolute Gasteiger partial charge is 0.110 e. The number of likely N-dealkylation sites (tertiary alicyclic amines) is 1. The molecule has 3 rings (SSSR count). The van der Waals surface area contributed by atoms with E-state index in [0.29, 0.717) is 6.04 Å². The van der Waals surface area contributed by atoms with Gasteiger partial charge in [-0.1, -0.05) is 6.92 Å². The zero-order chi connectivity index (χ0) is 12.5. The molecule has 1 aromatic heterocycles. The lowest BCUT2D eigenvalue weighted by Gasteiger charge is -2.27. The number of hydrogen-bond donors (Lipinski definition) is 0. The molecule has 2 aliphatic rings. The van der Waals surface area contributed by atoms with Crippen LogP contribution in [-0.2, 0) is 12.8 Å². The van der Waals surface area contributed by atoms with E-state index in [2.05, 4.69) is 29.5 Å². The van der Waals surface area contributed by atoms with Gasteiger partial charge in [0.25, 0.3) is 0 Å². The summed E-state index contributed by atoms with van der Waals surface area (Å²) < 4.78 is 2.52. The first-order chi connectivity index (χ1) is 8.79. The lowest BCUT2D eigenvalue weighted by atomic mass is 10.0. The van der Waals surface area contributed by atoms with Crippen molar-refractivity contribution < 1.29 is 0 Å². The molecule has 1 saturated heterocycles. The molecular formula is C15H25N3. The average Bonchev–Trinajstić information content (AvgIpc) is 2.97. The third-order valence-electron chi connectivity index (χ3n) is 4.77. The predicted molar refractivity (Wildman–Crippen MR) is 73.8 cm³/mol. The van der Waals surface area contributed by atoms with Crippen LogP contribution < -0.4 is 0 Å². The van der Waals surface area contributed by atoms with E-state index in [0.717, 1.165) is 12.5 Å². The van der Waals surface area contributed by atoms with Crippen molar-refractivity contribution in [2.24, 2.45) is 0 Å². The van der Waals surface area contributed by atoms with Gasteiger partial charge in [-0.15, -0.1) is 0 Å². The van der Waals surface area contributed by atoms with E-state index in [1.165, 1.54) is 56.7 Å². The topological polar surface area (TPSA) is 21.1 Å². The molecule has 0 bridgehead atoms. The maximum Gasteiger partial charge on any atom is 0.110 e. The molecule has 18 heavy (non-hydrogen) atoms. The Morgan fingerprint density at radius 2 is 2.22 bits per heavy atom. The molecule has 2 atom stereocenters. The molecule has 0 radical (unpaired) electrons. The van der Waals surface area contributed by atoms with Gasteiger partial charge in [0.15, 0.2) is 0 Å². The lowest BCUT2D eigenvalue weighted by molar-refractivity contribution is 0.259. The van der Waals surface area contributed by atoms with Crippen LogP contribution in [-0.4, -0.2) is 33.6 Å². The Morgan fingerprint density at radius 3 is 3.06 bits per heavy atom. The van der Waals surface area contributed by atoms with Crippen molar-refractivity contribution in [3.63, 3.8) is 0 Å². The third-order valence-corrected chi connectivity index (χ3v) is 4.77. The second-order valence-electron chi connectivity index (χ2n) is 5.91. The van der Waals surface area contributed by atoms with E-state index in [1.807, 2.05) is 0 Å². The molecule has 0 spiro atoms. The van der Waals surface area contributed by atoms with Crippen molar-refractivity contribution in [3.8, 4) is 0 Å². The fourth-order valence-corrected chi connectivity index (χ4v) is 3.77. The lowest BCUT2D eigenvalue weighted by Crippen LogP contribution is -2.32. The minimum atomic E-state index is 0.655. The average molecular weight is 247 g/mol. The van der Waals surface area contributed by atoms with Gasteiger partial charge in [-0.25, -0.2) is 4.98 Å². The minimum absolute atomic E-state index is 0.655. The maximum atomic E-state index is 4.72. The first-order valence-corrected chi connectivity index (χ1v) is 7.58. The number of hydrogen-bond acceptors (Lipinski definition) is 2. The van der Waals surface area contributed by atoms with Gasteiger partial charge < -0.3 is 9.47 Å². The number of imidazole rings is 1. The number of aromatic nitrogens is 2. The Morgan fingerprint density at radius 1 is 1.33 bits per heavy atom. The van der Waals surface area contributed by atoms with Crippen LogP contribution in [0.5, 0.6) is 0 Å². The number of aryl methyl sites for hydroxylation is 1. The van der Waals surface area contributed by atoms with Gasteiger partial charge >= 0.3 is 0 Å². The van der Waals surface area contributed by atoms with Gasteiger partial charge in [-0.3, -0.25) is 0 Å². The van der Waals surface area contributed by atoms with Crippen LogP contribution in [0.2, 0.25) is 0 Å². The summed E-state index contributed by atoms with van der Waals surface area (Å²) in [5.41, 5.74) is 1.46. The Hall–Kier alpha value is -0.830. The minimum Gasteiger partial charge on any atom is -0.329 e. The molecule has 3 heterocycles. The van der Waals surface area contributed by atoms with Crippen LogP contribution >= 0.6 is 0 Å². The van der Waals surface area contributed by atoms with Crippen molar-refractivity contribution in [1.82, 2.24) is 14.5 Å². The molecule has 0 amide bonds. The molecule has 1 aromatic rings. The van der Waals surface area contributed by atoms with Crippen LogP contribution in [0.15, 0.2) is 6.20 Å². The molecular weight excluding hydrogens is 222 g/mol. The number of likely N-dealkylation sites (N-methyl/N-ethyl adjacent to an activating group) is 1. The van der Waals surface area contributed by atoms with Crippen LogP contribution in [0, 0.1) is 0 Å². The monoisotopic (exact) mass is 247 g/mol. The van der Waals surface area contributed by atoms with Gasteiger partial charge in [-0.2, -0.15) is 0 Å². The SMILES string of the molecule is CCN1CCCC1Cc1ncc2n1C(C)CCC2. The van der Waals surface area contributed by atoms with E-state index in [1.54, 1.807) is 0 Å². The standard InChI is InChI=1S/C15H25N3/c1-3-17-9-5-8-13(17)10-15-16-11-14-7-4-6-12(2)18(14)15/h11-13H,3-10H2,1-2H3. The molecule has 0 aromatic carbocycles. The van der Waals surface area contributed by atoms with Crippen LogP contribution in [0.25, 0.3) is 0 Å². The predicted octanol–water partition coefficient (Wildman–Crippen LogP) is 2.81. The largest absolute Gasteiger partial charge is 0.329 e. The second kappa shape index (κ2) is 5.04. The number of fused-ring (bicyclic) bond motifs is 1. The van der Waals surface area contributed by atoms with E-state index < -0.39 is 0 Å². The second-order valence-corrected chi connectivity index (χ2v) is 5.91. The Bertz CT molecular complexity index is 410. The first kappa shape index (κ1) is 12.2. The highest BCUT2D eigenvalue weighted by Gasteiger charge is 2.27. The zero-order valence-corrected chi connectivity index (χ0v) is 11.7. The normalized spacial score (nSPS) is 28.6. The maximum absolute atomic E-state index is 4.72. The summed E-state index contributed by atoms with van der Waals surface area (Å²) in [6.07, 6.45) is 9.86. The van der Waals surface area contributed by atoms with Crippen molar-refractivity contribution in [2.45, 2.75) is 64.5 Å². The van der Waals surface area contributed by atoms with Crippen molar-refractivity contribution in [2.75, 3.05) is 13.1 Å². The zero-order valence-electron chi connectivity index (χ0n) is 11.7. The van der Waals surface area contributed by atoms with E-state index in [9.17, 15) is 0 Å². The molecule has 1 fully saturated rings. The number of rotatable bonds is 3. The Balaban J connectivity index is 1.79. The molecule has 3 nitrogen and oxygen atoms in total. The van der Waals surface area contributed by atoms with Gasteiger partial charge in [0.05, 0.1) is 0 Å². The van der Waals surface area contributed by atoms with Gasteiger partial charge in [-0.05, 0) is 52.1 Å². The van der Waals surface area contributed by atoms with E-state index >= 15 is 0 Å². The highest BCUT2D eigenvalue weighted by molar-refractivity contribution is 5.11. The van der Waals surface area contributed by atoms with Crippen LogP contribution in [0.3, 0.4) is 0 Å². The highest BCUT2D eigenvalue weighted by Crippen LogP contribution is 2.28. The fraction of sp³-hybridized carbons (Fsp3) is 0.800. The molecule has 0 N–H and O–H groups in total. The van der Waals surface area contributed by atoms with Gasteiger partial charge in [0, 0.05) is 30.4 Å². The van der Waals surface area contributed by atoms with E-state index in [4.69, 9.17) is 4.98 Å². The molecule has 3 heteroatoms. The summed E-state index contributed by atoms with van der Waals surface area (Å²) in [6, 6.07) is 1.39. The summed E-state index contributed by atoms with van der Waals surface area (Å²) >= 11 is 0. The van der Waals surface area contributed by atoms with Gasteiger partial charge in [0.2, 0.25) is 0 Å². The Kier molecular flexibility index (Phi) is 3.42. The molecule has 0 saturated carbocycles. The highest BCUT2D eigenvalue weighted by atomic mass is 15.2. The summed E-state index contributed by atoms with van der Waals surface area (Å²) in [5, 5.41) is 0. The quantitative estimate of drug-likeness (QED) is 0.819. The van der Waals surface area contributed by atoms with Crippen LogP contribution in [0.4, 0.5) is 0 Å². The summed E-state index contributed by atoms with van der Waals surface area (Å²) in [7, 11) is 0. The molecule has 100 valence electrons. The fourth-order valence-electron chi connectivity index (χ4n) is 3.77.